The van der Waals surface area contributed by atoms with Crippen molar-refractivity contribution in [2.75, 3.05) is 23.4 Å². The molecule has 6 heteroatoms. The summed E-state index contributed by atoms with van der Waals surface area (Å²) in [5, 5.41) is 7.24. The van der Waals surface area contributed by atoms with E-state index in [1.807, 2.05) is 24.3 Å². The first-order chi connectivity index (χ1) is 9.24. The highest BCUT2D eigenvalue weighted by molar-refractivity contribution is 6.00. The van der Waals surface area contributed by atoms with Gasteiger partial charge >= 0.3 is 0 Å². The van der Waals surface area contributed by atoms with Crippen LogP contribution in [0.25, 0.3) is 0 Å². The average molecular weight is 259 g/mol. The van der Waals surface area contributed by atoms with E-state index < -0.39 is 0 Å². The summed E-state index contributed by atoms with van der Waals surface area (Å²) in [6, 6.07) is 7.53. The lowest BCUT2D eigenvalue weighted by Crippen LogP contribution is -2.23. The van der Waals surface area contributed by atoms with Crippen LogP contribution in [-0.2, 0) is 0 Å². The fourth-order valence-electron chi connectivity index (χ4n) is 1.85. The standard InChI is InChI=1S/C13H17N5O/c1-3-17(4-2)12-7-5-11(6-8-12)13(19)16-18-9-14-15-10-18/h5-10H,3-4H2,1-2H3,(H,16,19). The van der Waals surface area contributed by atoms with Crippen molar-refractivity contribution in [2.24, 2.45) is 0 Å². The van der Waals surface area contributed by atoms with Crippen molar-refractivity contribution in [1.82, 2.24) is 14.9 Å². The maximum Gasteiger partial charge on any atom is 0.270 e. The molecule has 0 spiro atoms. The molecule has 0 aliphatic heterocycles. The van der Waals surface area contributed by atoms with E-state index in [9.17, 15) is 4.79 Å². The van der Waals surface area contributed by atoms with Gasteiger partial charge in [0.1, 0.15) is 12.7 Å². The van der Waals surface area contributed by atoms with Gasteiger partial charge in [0, 0.05) is 24.3 Å². The van der Waals surface area contributed by atoms with E-state index in [0.29, 0.717) is 5.56 Å². The van der Waals surface area contributed by atoms with Crippen LogP contribution < -0.4 is 10.3 Å². The van der Waals surface area contributed by atoms with Gasteiger partial charge in [-0.1, -0.05) is 0 Å². The van der Waals surface area contributed by atoms with Gasteiger partial charge in [-0.25, -0.2) is 4.68 Å². The second-order valence-corrected chi connectivity index (χ2v) is 4.03. The third-order valence-corrected chi connectivity index (χ3v) is 2.91. The molecule has 1 heterocycles. The molecule has 0 bridgehead atoms. The SMILES string of the molecule is CCN(CC)c1ccc(C(=O)Nn2cnnc2)cc1. The normalized spacial score (nSPS) is 10.2. The molecule has 1 amide bonds. The molecular weight excluding hydrogens is 242 g/mol. The van der Waals surface area contributed by atoms with Crippen molar-refractivity contribution in [2.45, 2.75) is 13.8 Å². The largest absolute Gasteiger partial charge is 0.372 e. The van der Waals surface area contributed by atoms with E-state index in [4.69, 9.17) is 0 Å². The fraction of sp³-hybridized carbons (Fsp3) is 0.308. The van der Waals surface area contributed by atoms with E-state index >= 15 is 0 Å². The van der Waals surface area contributed by atoms with E-state index in [1.165, 1.54) is 17.3 Å². The Morgan fingerprint density at radius 2 is 1.74 bits per heavy atom. The molecule has 0 saturated carbocycles. The molecule has 6 nitrogen and oxygen atoms in total. The van der Waals surface area contributed by atoms with E-state index in [-0.39, 0.29) is 5.91 Å². The molecule has 0 aliphatic carbocycles. The first kappa shape index (κ1) is 13.1. The zero-order valence-corrected chi connectivity index (χ0v) is 11.1. The third-order valence-electron chi connectivity index (χ3n) is 2.91. The second-order valence-electron chi connectivity index (χ2n) is 4.03. The van der Waals surface area contributed by atoms with Gasteiger partial charge in [0.25, 0.3) is 5.91 Å². The number of nitrogens with one attached hydrogen (secondary N) is 1. The summed E-state index contributed by atoms with van der Waals surface area (Å²) in [5.74, 6) is -0.189. The predicted octanol–water partition coefficient (Wildman–Crippen LogP) is 1.51. The average Bonchev–Trinajstić information content (AvgIpc) is 2.94. The highest BCUT2D eigenvalue weighted by Gasteiger charge is 2.07. The lowest BCUT2D eigenvalue weighted by atomic mass is 10.2. The number of anilines is 1. The van der Waals surface area contributed by atoms with E-state index in [0.717, 1.165) is 18.8 Å². The molecule has 0 unspecified atom stereocenters. The maximum absolute atomic E-state index is 11.9. The molecule has 0 aliphatic rings. The molecular formula is C13H17N5O. The van der Waals surface area contributed by atoms with Gasteiger partial charge in [0.05, 0.1) is 0 Å². The van der Waals surface area contributed by atoms with E-state index in [1.54, 1.807) is 0 Å². The molecule has 1 aromatic heterocycles. The summed E-state index contributed by atoms with van der Waals surface area (Å²) in [5.41, 5.74) is 4.37. The lowest BCUT2D eigenvalue weighted by molar-refractivity contribution is 0.101. The van der Waals surface area contributed by atoms with Gasteiger partial charge in [0.15, 0.2) is 0 Å². The molecule has 2 aromatic rings. The Bertz CT molecular complexity index is 516. The topological polar surface area (TPSA) is 63.1 Å². The fourth-order valence-corrected chi connectivity index (χ4v) is 1.85. The third kappa shape index (κ3) is 3.09. The minimum absolute atomic E-state index is 0.189. The summed E-state index contributed by atoms with van der Waals surface area (Å²) < 4.78 is 1.42. The molecule has 0 saturated heterocycles. The predicted molar refractivity (Wildman–Crippen MR) is 73.7 cm³/mol. The zero-order chi connectivity index (χ0) is 13.7. The second kappa shape index (κ2) is 5.99. The molecule has 0 atom stereocenters. The van der Waals surface area contributed by atoms with Crippen molar-refractivity contribution in [3.05, 3.63) is 42.5 Å². The number of carbonyl (C=O) groups excluding carboxylic acids is 1. The van der Waals surface area contributed by atoms with Crippen LogP contribution in [0.15, 0.2) is 36.9 Å². The van der Waals surface area contributed by atoms with Crippen molar-refractivity contribution < 1.29 is 4.79 Å². The van der Waals surface area contributed by atoms with Crippen LogP contribution >= 0.6 is 0 Å². The number of nitrogens with zero attached hydrogens (tertiary/aromatic N) is 4. The first-order valence-electron chi connectivity index (χ1n) is 6.25. The van der Waals surface area contributed by atoms with E-state index in [2.05, 4.69) is 34.4 Å². The first-order valence-corrected chi connectivity index (χ1v) is 6.25. The molecule has 0 radical (unpaired) electrons. The monoisotopic (exact) mass is 259 g/mol. The highest BCUT2D eigenvalue weighted by Crippen LogP contribution is 2.14. The highest BCUT2D eigenvalue weighted by atomic mass is 16.2. The maximum atomic E-state index is 11.9. The van der Waals surface area contributed by atoms with Crippen molar-refractivity contribution >= 4 is 11.6 Å². The van der Waals surface area contributed by atoms with Crippen molar-refractivity contribution in [3.8, 4) is 0 Å². The summed E-state index contributed by atoms with van der Waals surface area (Å²) in [4.78, 5) is 14.2. The molecule has 1 N–H and O–H groups in total. The van der Waals surface area contributed by atoms with Crippen LogP contribution in [0, 0.1) is 0 Å². The Balaban J connectivity index is 2.07. The van der Waals surface area contributed by atoms with Crippen molar-refractivity contribution in [1.29, 1.82) is 0 Å². The quantitative estimate of drug-likeness (QED) is 0.884. The van der Waals surface area contributed by atoms with Gasteiger partial charge < -0.3 is 4.90 Å². The Hall–Kier alpha value is -2.37. The number of aromatic nitrogens is 3. The lowest BCUT2D eigenvalue weighted by Gasteiger charge is -2.21. The Kier molecular flexibility index (Phi) is 4.12. The molecule has 2 rings (SSSR count). The van der Waals surface area contributed by atoms with Gasteiger partial charge in [-0.3, -0.25) is 10.2 Å². The molecule has 1 aromatic carbocycles. The summed E-state index contributed by atoms with van der Waals surface area (Å²) >= 11 is 0. The van der Waals surface area contributed by atoms with Crippen molar-refractivity contribution in [3.63, 3.8) is 0 Å². The summed E-state index contributed by atoms with van der Waals surface area (Å²) in [7, 11) is 0. The van der Waals surface area contributed by atoms with Gasteiger partial charge in [0.2, 0.25) is 0 Å². The number of carbonyl (C=O) groups is 1. The van der Waals surface area contributed by atoms with Gasteiger partial charge in [-0.15, -0.1) is 10.2 Å². The number of amides is 1. The van der Waals surface area contributed by atoms with Crippen LogP contribution in [0.2, 0.25) is 0 Å². The Labute approximate surface area is 112 Å². The number of hydrogen-bond acceptors (Lipinski definition) is 4. The summed E-state index contributed by atoms with van der Waals surface area (Å²) in [6.45, 7) is 6.11. The number of hydrogen-bond donors (Lipinski definition) is 1. The van der Waals surface area contributed by atoms with Gasteiger partial charge in [-0.05, 0) is 38.1 Å². The molecule has 0 fully saturated rings. The minimum atomic E-state index is -0.189. The Morgan fingerprint density at radius 1 is 1.16 bits per heavy atom. The van der Waals surface area contributed by atoms with Crippen LogP contribution in [0.4, 0.5) is 5.69 Å². The van der Waals surface area contributed by atoms with Crippen LogP contribution in [0.1, 0.15) is 24.2 Å². The molecule has 19 heavy (non-hydrogen) atoms. The van der Waals surface area contributed by atoms with Crippen LogP contribution in [0.5, 0.6) is 0 Å². The number of benzene rings is 1. The molecule has 100 valence electrons. The van der Waals surface area contributed by atoms with Gasteiger partial charge in [-0.2, -0.15) is 0 Å². The minimum Gasteiger partial charge on any atom is -0.372 e. The summed E-state index contributed by atoms with van der Waals surface area (Å²) in [6.07, 6.45) is 2.87. The zero-order valence-electron chi connectivity index (χ0n) is 11.1. The van der Waals surface area contributed by atoms with Crippen LogP contribution in [0.3, 0.4) is 0 Å². The number of rotatable bonds is 5. The Morgan fingerprint density at radius 3 is 2.26 bits per heavy atom. The smallest absolute Gasteiger partial charge is 0.270 e. The van der Waals surface area contributed by atoms with Crippen LogP contribution in [-0.4, -0.2) is 33.9 Å².